The molecule has 0 aromatic carbocycles. The third kappa shape index (κ3) is 4.75. The molecule has 6 nitrogen and oxygen atoms in total. The van der Waals surface area contributed by atoms with E-state index in [4.69, 9.17) is 17.0 Å². The van der Waals surface area contributed by atoms with E-state index in [0.717, 1.165) is 50.6 Å². The van der Waals surface area contributed by atoms with Crippen molar-refractivity contribution in [2.45, 2.75) is 45.1 Å². The Morgan fingerprint density at radius 3 is 2.87 bits per heavy atom. The normalized spacial score (nSPS) is 21.3. The summed E-state index contributed by atoms with van der Waals surface area (Å²) in [5.41, 5.74) is 0.949. The van der Waals surface area contributed by atoms with E-state index >= 15 is 0 Å². The number of nitrogens with zero attached hydrogens (tertiary/aromatic N) is 3. The van der Waals surface area contributed by atoms with Crippen molar-refractivity contribution in [2.24, 2.45) is 0 Å². The number of aryl methyl sites for hydroxylation is 1. The Morgan fingerprint density at radius 2 is 2.13 bits per heavy atom. The molecular weight excluding hydrogens is 310 g/mol. The molecule has 2 aliphatic rings. The van der Waals surface area contributed by atoms with Crippen LogP contribution in [0.3, 0.4) is 0 Å². The highest BCUT2D eigenvalue weighted by Gasteiger charge is 2.16. The van der Waals surface area contributed by atoms with Crippen LogP contribution in [0.1, 0.15) is 37.8 Å². The summed E-state index contributed by atoms with van der Waals surface area (Å²) in [4.78, 5) is 11.4. The van der Waals surface area contributed by atoms with E-state index in [1.54, 1.807) is 0 Å². The number of ether oxygens (including phenoxy) is 1. The summed E-state index contributed by atoms with van der Waals surface area (Å²) in [6.07, 6.45) is 6.25. The summed E-state index contributed by atoms with van der Waals surface area (Å²) in [6.45, 7) is 5.71. The second-order valence-corrected chi connectivity index (χ2v) is 6.62. The van der Waals surface area contributed by atoms with Gasteiger partial charge in [0, 0.05) is 38.0 Å². The number of hydrogen-bond donors (Lipinski definition) is 2. The molecule has 2 fully saturated rings. The van der Waals surface area contributed by atoms with Crippen molar-refractivity contribution in [3.8, 4) is 0 Å². The van der Waals surface area contributed by atoms with Gasteiger partial charge in [-0.1, -0.05) is 0 Å². The third-order valence-corrected chi connectivity index (χ3v) is 4.51. The van der Waals surface area contributed by atoms with Gasteiger partial charge >= 0.3 is 0 Å². The van der Waals surface area contributed by atoms with Gasteiger partial charge in [0.15, 0.2) is 5.11 Å². The highest BCUT2D eigenvalue weighted by molar-refractivity contribution is 7.80. The minimum atomic E-state index is 0.261. The van der Waals surface area contributed by atoms with Crippen LogP contribution >= 0.6 is 12.2 Å². The number of hydrogen-bond acceptors (Lipinski definition) is 5. The van der Waals surface area contributed by atoms with Crippen LogP contribution in [0, 0.1) is 6.92 Å². The van der Waals surface area contributed by atoms with Crippen LogP contribution in [0.2, 0.25) is 0 Å². The van der Waals surface area contributed by atoms with Crippen LogP contribution in [0.4, 0.5) is 11.8 Å². The van der Waals surface area contributed by atoms with E-state index in [0.29, 0.717) is 11.1 Å². The summed E-state index contributed by atoms with van der Waals surface area (Å²) < 4.78 is 5.58. The molecule has 1 aromatic heterocycles. The zero-order valence-electron chi connectivity index (χ0n) is 13.7. The lowest BCUT2D eigenvalue weighted by atomic mass is 10.1. The van der Waals surface area contributed by atoms with E-state index in [1.165, 1.54) is 19.3 Å². The third-order valence-electron chi connectivity index (χ3n) is 4.26. The van der Waals surface area contributed by atoms with E-state index in [2.05, 4.69) is 25.5 Å². The second kappa shape index (κ2) is 7.88. The topological polar surface area (TPSA) is 62.3 Å². The van der Waals surface area contributed by atoms with Gasteiger partial charge in [-0.15, -0.1) is 0 Å². The van der Waals surface area contributed by atoms with Crippen molar-refractivity contribution in [1.29, 1.82) is 0 Å². The lowest BCUT2D eigenvalue weighted by Gasteiger charge is -2.28. The van der Waals surface area contributed by atoms with Crippen LogP contribution in [0.25, 0.3) is 0 Å². The largest absolute Gasteiger partial charge is 0.376 e. The molecule has 2 saturated heterocycles. The molecule has 0 radical (unpaired) electrons. The van der Waals surface area contributed by atoms with E-state index in [-0.39, 0.29) is 6.10 Å². The fourth-order valence-corrected chi connectivity index (χ4v) is 3.23. The van der Waals surface area contributed by atoms with Crippen LogP contribution < -0.4 is 15.5 Å². The van der Waals surface area contributed by atoms with E-state index in [1.807, 2.05) is 13.0 Å². The van der Waals surface area contributed by atoms with Gasteiger partial charge in [-0.3, -0.25) is 0 Å². The minimum absolute atomic E-state index is 0.261. The number of nitrogens with one attached hydrogen (secondary N) is 2. The molecule has 0 bridgehead atoms. The van der Waals surface area contributed by atoms with Gasteiger partial charge < -0.3 is 20.3 Å². The Labute approximate surface area is 143 Å². The predicted molar refractivity (Wildman–Crippen MR) is 96.0 cm³/mol. The summed E-state index contributed by atoms with van der Waals surface area (Å²) >= 11 is 5.34. The summed E-state index contributed by atoms with van der Waals surface area (Å²) in [6, 6.07) is 2.04. The predicted octanol–water partition coefficient (Wildman–Crippen LogP) is 2.24. The lowest BCUT2D eigenvalue weighted by Crippen LogP contribution is -2.35. The Bertz CT molecular complexity index is 541. The maximum Gasteiger partial charge on any atom is 0.231 e. The van der Waals surface area contributed by atoms with Gasteiger partial charge in [0.25, 0.3) is 0 Å². The fraction of sp³-hybridized carbons (Fsp3) is 0.688. The molecule has 1 aromatic rings. The van der Waals surface area contributed by atoms with Gasteiger partial charge in [0.1, 0.15) is 5.82 Å². The smallest absolute Gasteiger partial charge is 0.231 e. The molecule has 7 heteroatoms. The SMILES string of the molecule is Cc1cc(N2CCCCC2)nc(NC(=S)NC[C@@H]2CCCO2)n1. The van der Waals surface area contributed by atoms with Gasteiger partial charge in [-0.05, 0) is 51.2 Å². The molecule has 126 valence electrons. The van der Waals surface area contributed by atoms with Gasteiger partial charge in [-0.2, -0.15) is 4.98 Å². The highest BCUT2D eigenvalue weighted by atomic mass is 32.1. The first-order valence-electron chi connectivity index (χ1n) is 8.48. The lowest BCUT2D eigenvalue weighted by molar-refractivity contribution is 0.114. The molecule has 23 heavy (non-hydrogen) atoms. The average molecular weight is 335 g/mol. The monoisotopic (exact) mass is 335 g/mol. The number of aromatic nitrogens is 2. The van der Waals surface area contributed by atoms with Crippen molar-refractivity contribution in [2.75, 3.05) is 36.5 Å². The second-order valence-electron chi connectivity index (χ2n) is 6.21. The maximum atomic E-state index is 5.58. The molecule has 0 saturated carbocycles. The van der Waals surface area contributed by atoms with Crippen LogP contribution in [0.15, 0.2) is 6.07 Å². The Hall–Kier alpha value is -1.47. The highest BCUT2D eigenvalue weighted by Crippen LogP contribution is 2.19. The molecule has 2 N–H and O–H groups in total. The average Bonchev–Trinajstić information content (AvgIpc) is 3.07. The Balaban J connectivity index is 1.57. The van der Waals surface area contributed by atoms with Crippen LogP contribution in [-0.4, -0.2) is 47.4 Å². The van der Waals surface area contributed by atoms with Crippen molar-refractivity contribution in [3.05, 3.63) is 11.8 Å². The first-order chi connectivity index (χ1) is 11.2. The van der Waals surface area contributed by atoms with E-state index in [9.17, 15) is 0 Å². The minimum Gasteiger partial charge on any atom is -0.376 e. The Kier molecular flexibility index (Phi) is 5.61. The standard InChI is InChI=1S/C16H25N5OS/c1-12-10-14(21-7-3-2-4-8-21)19-15(18-12)20-16(23)17-11-13-6-5-9-22-13/h10,13H,2-9,11H2,1H3,(H2,17,18,19,20,23)/t13-/m0/s1. The molecule has 3 rings (SSSR count). The van der Waals surface area contributed by atoms with Gasteiger partial charge in [0.2, 0.25) is 5.95 Å². The summed E-state index contributed by atoms with van der Waals surface area (Å²) in [7, 11) is 0. The van der Waals surface area contributed by atoms with Crippen molar-refractivity contribution < 1.29 is 4.74 Å². The first kappa shape index (κ1) is 16.4. The van der Waals surface area contributed by atoms with Crippen LogP contribution in [0.5, 0.6) is 0 Å². The van der Waals surface area contributed by atoms with Crippen molar-refractivity contribution in [3.63, 3.8) is 0 Å². The first-order valence-corrected chi connectivity index (χ1v) is 8.88. The molecule has 1 atom stereocenters. The quantitative estimate of drug-likeness (QED) is 0.818. The molecule has 0 spiro atoms. The molecule has 0 aliphatic carbocycles. The van der Waals surface area contributed by atoms with Gasteiger partial charge in [0.05, 0.1) is 6.10 Å². The molecule has 3 heterocycles. The number of anilines is 2. The molecular formula is C16H25N5OS. The summed E-state index contributed by atoms with van der Waals surface area (Å²) in [5.74, 6) is 1.55. The molecule has 2 aliphatic heterocycles. The summed E-state index contributed by atoms with van der Waals surface area (Å²) in [5, 5.41) is 6.85. The van der Waals surface area contributed by atoms with Gasteiger partial charge in [-0.25, -0.2) is 4.98 Å². The van der Waals surface area contributed by atoms with Crippen molar-refractivity contribution >= 4 is 29.1 Å². The van der Waals surface area contributed by atoms with Crippen molar-refractivity contribution in [1.82, 2.24) is 15.3 Å². The van der Waals surface area contributed by atoms with E-state index < -0.39 is 0 Å². The molecule has 0 unspecified atom stereocenters. The molecule has 0 amide bonds. The van der Waals surface area contributed by atoms with Crippen LogP contribution in [-0.2, 0) is 4.74 Å². The number of piperidine rings is 1. The number of thiocarbonyl (C=S) groups is 1. The fourth-order valence-electron chi connectivity index (χ4n) is 3.05. The number of rotatable bonds is 4. The zero-order valence-corrected chi connectivity index (χ0v) is 14.5. The maximum absolute atomic E-state index is 5.58. The Morgan fingerprint density at radius 1 is 1.30 bits per heavy atom. The zero-order chi connectivity index (χ0) is 16.1.